The highest BCUT2D eigenvalue weighted by atomic mass is 32.2. The van der Waals surface area contributed by atoms with E-state index in [-0.39, 0.29) is 36.0 Å². The SMILES string of the molecule is CCCCCCC(CSCCCCCC(=O)CCCCCSCC(CCCCCC)OC(=O)C1CCCCCC1)OC(=O)C1CCCCCC1. The minimum absolute atomic E-state index is 0.0537. The van der Waals surface area contributed by atoms with Gasteiger partial charge in [0.25, 0.3) is 0 Å². The minimum Gasteiger partial charge on any atom is -0.461 e. The van der Waals surface area contributed by atoms with Gasteiger partial charge in [-0.15, -0.1) is 0 Å². The summed E-state index contributed by atoms with van der Waals surface area (Å²) in [4.78, 5) is 38.3. The summed E-state index contributed by atoms with van der Waals surface area (Å²) in [6.07, 6.45) is 33.4. The van der Waals surface area contributed by atoms with E-state index in [1.807, 2.05) is 23.5 Å². The van der Waals surface area contributed by atoms with Crippen molar-refractivity contribution in [3.05, 3.63) is 0 Å². The third-order valence-corrected chi connectivity index (χ3v) is 13.2. The number of thioether (sulfide) groups is 2. The Morgan fingerprint density at radius 3 is 1.26 bits per heavy atom. The fraction of sp³-hybridized carbons (Fsp3) is 0.930. The summed E-state index contributed by atoms with van der Waals surface area (Å²) in [5, 5.41) is 0. The second-order valence-electron chi connectivity index (χ2n) is 15.5. The Morgan fingerprint density at radius 1 is 0.500 bits per heavy atom. The second kappa shape index (κ2) is 31.8. The van der Waals surface area contributed by atoms with Crippen molar-refractivity contribution in [1.82, 2.24) is 0 Å². The molecular weight excluding hydrogens is 661 g/mol. The zero-order chi connectivity index (χ0) is 35.9. The van der Waals surface area contributed by atoms with Crippen molar-refractivity contribution in [2.45, 2.75) is 219 Å². The van der Waals surface area contributed by atoms with Crippen LogP contribution in [0.25, 0.3) is 0 Å². The van der Waals surface area contributed by atoms with Crippen molar-refractivity contribution >= 4 is 41.2 Å². The molecule has 2 saturated carbocycles. The Balaban J connectivity index is 1.52. The van der Waals surface area contributed by atoms with Gasteiger partial charge in [0.15, 0.2) is 0 Å². The Hall–Kier alpha value is -0.690. The van der Waals surface area contributed by atoms with Crippen molar-refractivity contribution in [2.75, 3.05) is 23.0 Å². The van der Waals surface area contributed by atoms with Crippen LogP contribution in [0.2, 0.25) is 0 Å². The second-order valence-corrected chi connectivity index (χ2v) is 17.8. The third kappa shape index (κ3) is 23.8. The fourth-order valence-electron chi connectivity index (χ4n) is 7.46. The van der Waals surface area contributed by atoms with Crippen LogP contribution in [0.3, 0.4) is 0 Å². The highest BCUT2D eigenvalue weighted by Gasteiger charge is 2.26. The molecule has 2 aliphatic rings. The van der Waals surface area contributed by atoms with Gasteiger partial charge >= 0.3 is 11.9 Å². The standard InChI is InChI=1S/C43H78O5S2/c1-3-5-7-21-31-40(47-42(45)37-25-15-9-10-16-26-37)35-49-33-23-13-19-29-39(44)30-20-14-24-34-50-36-41(32-22-8-6-4-2)48-43(46)38-27-17-11-12-18-28-38/h37-38,40-41H,3-36H2,1-2H3. The van der Waals surface area contributed by atoms with Gasteiger partial charge in [0.05, 0.1) is 11.8 Å². The molecule has 50 heavy (non-hydrogen) atoms. The molecule has 0 amide bonds. The molecule has 0 spiro atoms. The first-order valence-corrected chi connectivity index (χ1v) is 23.9. The van der Waals surface area contributed by atoms with E-state index in [0.29, 0.717) is 18.6 Å². The summed E-state index contributed by atoms with van der Waals surface area (Å²) in [6, 6.07) is 0. The summed E-state index contributed by atoms with van der Waals surface area (Å²) in [5.41, 5.74) is 0. The van der Waals surface area contributed by atoms with E-state index >= 15 is 0 Å². The summed E-state index contributed by atoms with van der Waals surface area (Å²) < 4.78 is 12.2. The van der Waals surface area contributed by atoms with Crippen LogP contribution in [0.4, 0.5) is 0 Å². The van der Waals surface area contributed by atoms with Gasteiger partial charge in [-0.1, -0.05) is 117 Å². The molecule has 2 unspecified atom stereocenters. The van der Waals surface area contributed by atoms with Crippen molar-refractivity contribution in [2.24, 2.45) is 11.8 Å². The first-order chi connectivity index (χ1) is 24.5. The Kier molecular flexibility index (Phi) is 28.9. The average molecular weight is 739 g/mol. The molecule has 5 nitrogen and oxygen atoms in total. The van der Waals surface area contributed by atoms with Gasteiger partial charge in [-0.3, -0.25) is 14.4 Å². The topological polar surface area (TPSA) is 69.7 Å². The maximum atomic E-state index is 12.9. The van der Waals surface area contributed by atoms with Gasteiger partial charge in [-0.2, -0.15) is 23.5 Å². The van der Waals surface area contributed by atoms with Crippen LogP contribution < -0.4 is 0 Å². The van der Waals surface area contributed by atoms with Gasteiger partial charge in [-0.05, 0) is 88.6 Å². The molecule has 2 fully saturated rings. The lowest BCUT2D eigenvalue weighted by Crippen LogP contribution is -2.26. The lowest BCUT2D eigenvalue weighted by Gasteiger charge is -2.21. The van der Waals surface area contributed by atoms with E-state index in [1.165, 1.54) is 89.9 Å². The number of esters is 2. The van der Waals surface area contributed by atoms with Gasteiger partial charge in [-0.25, -0.2) is 0 Å². The fourth-order valence-corrected chi connectivity index (χ4v) is 9.61. The smallest absolute Gasteiger partial charge is 0.309 e. The predicted molar refractivity (Wildman–Crippen MR) is 216 cm³/mol. The molecule has 0 aromatic heterocycles. The van der Waals surface area contributed by atoms with Crippen molar-refractivity contribution in [3.8, 4) is 0 Å². The molecule has 0 N–H and O–H groups in total. The van der Waals surface area contributed by atoms with Gasteiger partial charge in [0.2, 0.25) is 0 Å². The van der Waals surface area contributed by atoms with Crippen LogP contribution in [0.15, 0.2) is 0 Å². The van der Waals surface area contributed by atoms with Crippen LogP contribution in [0.5, 0.6) is 0 Å². The third-order valence-electron chi connectivity index (χ3n) is 10.8. The highest BCUT2D eigenvalue weighted by molar-refractivity contribution is 7.99. The molecule has 0 radical (unpaired) electrons. The van der Waals surface area contributed by atoms with E-state index < -0.39 is 0 Å². The van der Waals surface area contributed by atoms with Crippen LogP contribution >= 0.6 is 23.5 Å². The molecule has 0 aromatic carbocycles. The molecule has 2 atom stereocenters. The number of hydrogen-bond acceptors (Lipinski definition) is 7. The molecule has 2 aliphatic carbocycles. The number of ether oxygens (including phenoxy) is 2. The van der Waals surface area contributed by atoms with Crippen molar-refractivity contribution in [3.63, 3.8) is 0 Å². The Morgan fingerprint density at radius 2 is 0.880 bits per heavy atom. The van der Waals surface area contributed by atoms with Gasteiger partial charge < -0.3 is 9.47 Å². The molecule has 0 bridgehead atoms. The zero-order valence-electron chi connectivity index (χ0n) is 32.7. The van der Waals surface area contributed by atoms with Gasteiger partial charge in [0, 0.05) is 24.3 Å². The number of unbranched alkanes of at least 4 members (excludes halogenated alkanes) is 10. The molecule has 7 heteroatoms. The number of carbonyl (C=O) groups excluding carboxylic acids is 3. The van der Waals surface area contributed by atoms with Crippen molar-refractivity contribution in [1.29, 1.82) is 0 Å². The summed E-state index contributed by atoms with van der Waals surface area (Å²) in [6.45, 7) is 4.47. The van der Waals surface area contributed by atoms with Crippen LogP contribution in [-0.4, -0.2) is 52.9 Å². The maximum Gasteiger partial charge on any atom is 0.309 e. The first kappa shape index (κ1) is 45.5. The van der Waals surface area contributed by atoms with Gasteiger partial charge in [0.1, 0.15) is 18.0 Å². The number of ketones is 1. The number of rotatable bonds is 30. The number of carbonyl (C=O) groups is 3. The van der Waals surface area contributed by atoms with E-state index in [1.54, 1.807) is 0 Å². The summed E-state index contributed by atoms with van der Waals surface area (Å²) in [5.74, 6) is 4.76. The molecular formula is C43H78O5S2. The molecule has 0 heterocycles. The summed E-state index contributed by atoms with van der Waals surface area (Å²) in [7, 11) is 0. The Bertz CT molecular complexity index is 769. The number of Topliss-reactive ketones (excluding diaryl/α,β-unsaturated/α-hetero) is 1. The molecule has 0 saturated heterocycles. The normalized spacial score (nSPS) is 17.5. The predicted octanol–water partition coefficient (Wildman–Crippen LogP) is 12.8. The Labute approximate surface area is 317 Å². The monoisotopic (exact) mass is 739 g/mol. The van der Waals surface area contributed by atoms with Crippen LogP contribution in [-0.2, 0) is 23.9 Å². The van der Waals surface area contributed by atoms with Crippen molar-refractivity contribution < 1.29 is 23.9 Å². The number of hydrogen-bond donors (Lipinski definition) is 0. The van der Waals surface area contributed by atoms with E-state index in [0.717, 1.165) is 113 Å². The molecule has 0 aromatic rings. The highest BCUT2D eigenvalue weighted by Crippen LogP contribution is 2.27. The van der Waals surface area contributed by atoms with E-state index in [9.17, 15) is 14.4 Å². The minimum atomic E-state index is 0.0537. The largest absolute Gasteiger partial charge is 0.461 e. The zero-order valence-corrected chi connectivity index (χ0v) is 34.3. The first-order valence-electron chi connectivity index (χ1n) is 21.6. The molecule has 0 aliphatic heterocycles. The van der Waals surface area contributed by atoms with Crippen LogP contribution in [0, 0.1) is 11.8 Å². The maximum absolute atomic E-state index is 12.9. The molecule has 292 valence electrons. The average Bonchev–Trinajstić information content (AvgIpc) is 3.57. The quantitative estimate of drug-likeness (QED) is 0.0413. The van der Waals surface area contributed by atoms with E-state index in [2.05, 4.69) is 13.8 Å². The lowest BCUT2D eigenvalue weighted by atomic mass is 10.0. The van der Waals surface area contributed by atoms with Crippen LogP contribution in [0.1, 0.15) is 206 Å². The van der Waals surface area contributed by atoms with E-state index in [4.69, 9.17) is 9.47 Å². The lowest BCUT2D eigenvalue weighted by molar-refractivity contribution is -0.154. The summed E-state index contributed by atoms with van der Waals surface area (Å²) >= 11 is 3.86. The molecule has 2 rings (SSSR count).